The Labute approximate surface area is 97.4 Å². The standard InChI is InChI=1S/C14H20O2/c1-2-4-14(15)16-8-3-5-12-9-11-6-7-13(12)10-11/h5,8,11-13H,2,4,6-7,9-10H2,1H3. The highest BCUT2D eigenvalue weighted by molar-refractivity contribution is 5.69. The van der Waals surface area contributed by atoms with Gasteiger partial charge in [0.05, 0.1) is 0 Å². The first-order valence-corrected chi connectivity index (χ1v) is 6.40. The largest absolute Gasteiger partial charge is 0.426 e. The molecule has 2 fully saturated rings. The molecular formula is C14H20O2. The molecular weight excluding hydrogens is 200 g/mol. The van der Waals surface area contributed by atoms with Crippen molar-refractivity contribution in [2.24, 2.45) is 17.8 Å². The predicted molar refractivity (Wildman–Crippen MR) is 62.6 cm³/mol. The van der Waals surface area contributed by atoms with Gasteiger partial charge < -0.3 is 4.74 Å². The lowest BCUT2D eigenvalue weighted by Crippen LogP contribution is -2.06. The molecule has 0 heterocycles. The zero-order chi connectivity index (χ0) is 11.4. The SMILES string of the molecule is CCCC(=O)OC=C=CC1CC2CCC1C2. The van der Waals surface area contributed by atoms with Gasteiger partial charge in [-0.15, -0.1) is 0 Å². The van der Waals surface area contributed by atoms with Gasteiger partial charge in [0.15, 0.2) is 0 Å². The van der Waals surface area contributed by atoms with Crippen molar-refractivity contribution in [2.75, 3.05) is 0 Å². The van der Waals surface area contributed by atoms with E-state index in [1.807, 2.05) is 6.92 Å². The van der Waals surface area contributed by atoms with E-state index in [0.717, 1.165) is 18.3 Å². The monoisotopic (exact) mass is 220 g/mol. The minimum Gasteiger partial charge on any atom is -0.426 e. The third kappa shape index (κ3) is 2.76. The van der Waals surface area contributed by atoms with Gasteiger partial charge in [-0.1, -0.05) is 19.1 Å². The highest BCUT2D eigenvalue weighted by Gasteiger charge is 2.37. The lowest BCUT2D eigenvalue weighted by Gasteiger charge is -2.16. The summed E-state index contributed by atoms with van der Waals surface area (Å²) in [4.78, 5) is 11.1. The fraction of sp³-hybridized carbons (Fsp3) is 0.714. The van der Waals surface area contributed by atoms with Gasteiger partial charge in [0.25, 0.3) is 0 Å². The van der Waals surface area contributed by atoms with E-state index >= 15 is 0 Å². The Morgan fingerprint density at radius 1 is 1.44 bits per heavy atom. The van der Waals surface area contributed by atoms with Gasteiger partial charge >= 0.3 is 5.97 Å². The second-order valence-corrected chi connectivity index (χ2v) is 5.03. The molecule has 0 saturated heterocycles. The van der Waals surface area contributed by atoms with Crippen molar-refractivity contribution in [3.63, 3.8) is 0 Å². The van der Waals surface area contributed by atoms with Crippen LogP contribution in [0.5, 0.6) is 0 Å². The molecule has 0 amide bonds. The van der Waals surface area contributed by atoms with Gasteiger partial charge in [-0.25, -0.2) is 0 Å². The first-order valence-electron chi connectivity index (χ1n) is 6.40. The Morgan fingerprint density at radius 2 is 2.31 bits per heavy atom. The molecule has 0 N–H and O–H groups in total. The van der Waals surface area contributed by atoms with Crippen molar-refractivity contribution in [2.45, 2.75) is 45.4 Å². The van der Waals surface area contributed by atoms with E-state index in [0.29, 0.717) is 12.3 Å². The number of rotatable bonds is 4. The van der Waals surface area contributed by atoms with E-state index in [4.69, 9.17) is 4.74 Å². The normalized spacial score (nSPS) is 30.9. The van der Waals surface area contributed by atoms with Crippen LogP contribution in [0.25, 0.3) is 0 Å². The van der Waals surface area contributed by atoms with E-state index in [9.17, 15) is 4.79 Å². The topological polar surface area (TPSA) is 26.3 Å². The molecule has 0 spiro atoms. The van der Waals surface area contributed by atoms with Crippen LogP contribution in [0.15, 0.2) is 18.1 Å². The first kappa shape index (κ1) is 11.5. The van der Waals surface area contributed by atoms with E-state index in [2.05, 4.69) is 11.8 Å². The molecule has 2 rings (SSSR count). The highest BCUT2D eigenvalue weighted by atomic mass is 16.5. The van der Waals surface area contributed by atoms with Gasteiger partial charge in [0, 0.05) is 6.42 Å². The Balaban J connectivity index is 1.76. The zero-order valence-corrected chi connectivity index (χ0v) is 9.95. The molecule has 0 aromatic rings. The molecule has 0 aromatic heterocycles. The summed E-state index contributed by atoms with van der Waals surface area (Å²) < 4.78 is 4.92. The van der Waals surface area contributed by atoms with Crippen LogP contribution >= 0.6 is 0 Å². The number of hydrogen-bond acceptors (Lipinski definition) is 2. The summed E-state index contributed by atoms with van der Waals surface area (Å²) in [6.45, 7) is 1.97. The minimum absolute atomic E-state index is 0.156. The molecule has 2 aliphatic rings. The zero-order valence-electron chi connectivity index (χ0n) is 9.95. The summed E-state index contributed by atoms with van der Waals surface area (Å²) >= 11 is 0. The smallest absolute Gasteiger partial charge is 0.311 e. The maximum atomic E-state index is 11.1. The summed E-state index contributed by atoms with van der Waals surface area (Å²) in [7, 11) is 0. The lowest BCUT2D eigenvalue weighted by molar-refractivity contribution is -0.138. The summed E-state index contributed by atoms with van der Waals surface area (Å²) in [5.74, 6) is 2.35. The molecule has 2 aliphatic carbocycles. The number of carbonyl (C=O) groups excluding carboxylic acids is 1. The van der Waals surface area contributed by atoms with Crippen LogP contribution in [0.2, 0.25) is 0 Å². The van der Waals surface area contributed by atoms with Gasteiger partial charge in [-0.3, -0.25) is 4.79 Å². The van der Waals surface area contributed by atoms with Crippen LogP contribution in [0, 0.1) is 17.8 Å². The Bertz CT molecular complexity index is 313. The Kier molecular flexibility index (Phi) is 3.84. The maximum absolute atomic E-state index is 11.1. The maximum Gasteiger partial charge on any atom is 0.311 e. The average Bonchev–Trinajstić information content (AvgIpc) is 2.86. The Hall–Kier alpha value is -1.01. The molecule has 2 saturated carbocycles. The van der Waals surface area contributed by atoms with Gasteiger partial charge in [-0.05, 0) is 49.5 Å². The van der Waals surface area contributed by atoms with Crippen LogP contribution in [0.4, 0.5) is 0 Å². The predicted octanol–water partition coefficient (Wildman–Crippen LogP) is 3.43. The molecule has 3 atom stereocenters. The van der Waals surface area contributed by atoms with E-state index in [1.165, 1.54) is 31.9 Å². The van der Waals surface area contributed by atoms with Crippen molar-refractivity contribution in [3.05, 3.63) is 18.1 Å². The molecule has 0 radical (unpaired) electrons. The van der Waals surface area contributed by atoms with Crippen LogP contribution in [-0.2, 0) is 9.53 Å². The lowest BCUT2D eigenvalue weighted by atomic mass is 9.89. The number of esters is 1. The number of fused-ring (bicyclic) bond motifs is 2. The van der Waals surface area contributed by atoms with Gasteiger partial charge in [0.1, 0.15) is 6.26 Å². The van der Waals surface area contributed by atoms with Gasteiger partial charge in [0.2, 0.25) is 0 Å². The second kappa shape index (κ2) is 5.36. The van der Waals surface area contributed by atoms with E-state index < -0.39 is 0 Å². The second-order valence-electron chi connectivity index (χ2n) is 5.03. The van der Waals surface area contributed by atoms with Crippen LogP contribution in [0.1, 0.15) is 45.4 Å². The van der Waals surface area contributed by atoms with Crippen molar-refractivity contribution < 1.29 is 9.53 Å². The summed E-state index contributed by atoms with van der Waals surface area (Å²) in [6, 6.07) is 0. The summed E-state index contributed by atoms with van der Waals surface area (Å²) in [6.07, 6.45) is 10.4. The fourth-order valence-electron chi connectivity index (χ4n) is 3.02. The third-order valence-corrected chi connectivity index (χ3v) is 3.82. The Morgan fingerprint density at radius 3 is 2.94 bits per heavy atom. The van der Waals surface area contributed by atoms with Crippen LogP contribution < -0.4 is 0 Å². The average molecular weight is 220 g/mol. The van der Waals surface area contributed by atoms with Crippen LogP contribution in [-0.4, -0.2) is 5.97 Å². The van der Waals surface area contributed by atoms with Crippen LogP contribution in [0.3, 0.4) is 0 Å². The van der Waals surface area contributed by atoms with Crippen molar-refractivity contribution >= 4 is 5.97 Å². The van der Waals surface area contributed by atoms with E-state index in [1.54, 1.807) is 0 Å². The third-order valence-electron chi connectivity index (χ3n) is 3.82. The molecule has 2 heteroatoms. The molecule has 3 unspecified atom stereocenters. The van der Waals surface area contributed by atoms with Crippen molar-refractivity contribution in [1.29, 1.82) is 0 Å². The number of carbonyl (C=O) groups is 1. The molecule has 16 heavy (non-hydrogen) atoms. The number of allylic oxidation sites excluding steroid dienone is 1. The molecule has 2 nitrogen and oxygen atoms in total. The summed E-state index contributed by atoms with van der Waals surface area (Å²) in [5.41, 5.74) is 3.01. The van der Waals surface area contributed by atoms with Crippen molar-refractivity contribution in [1.82, 2.24) is 0 Å². The van der Waals surface area contributed by atoms with E-state index in [-0.39, 0.29) is 5.97 Å². The number of hydrogen-bond donors (Lipinski definition) is 0. The minimum atomic E-state index is -0.156. The quantitative estimate of drug-likeness (QED) is 0.412. The fourth-order valence-corrected chi connectivity index (χ4v) is 3.02. The molecule has 88 valence electrons. The first-order chi connectivity index (χ1) is 7.79. The highest BCUT2D eigenvalue weighted by Crippen LogP contribution is 2.48. The molecule has 0 aromatic carbocycles. The molecule has 0 aliphatic heterocycles. The number of ether oxygens (including phenoxy) is 1. The van der Waals surface area contributed by atoms with Gasteiger partial charge in [-0.2, -0.15) is 0 Å². The summed E-state index contributed by atoms with van der Waals surface area (Å²) in [5, 5.41) is 0. The van der Waals surface area contributed by atoms with Crippen molar-refractivity contribution in [3.8, 4) is 0 Å². The molecule has 2 bridgehead atoms.